The summed E-state index contributed by atoms with van der Waals surface area (Å²) in [6, 6.07) is 17.0. The molecule has 1 aromatic carbocycles. The van der Waals surface area contributed by atoms with Gasteiger partial charge in [0.05, 0.1) is 0 Å². The summed E-state index contributed by atoms with van der Waals surface area (Å²) in [5, 5.41) is 12.1. The second-order valence-corrected chi connectivity index (χ2v) is 5.91. The predicted octanol–water partition coefficient (Wildman–Crippen LogP) is 2.74. The molecule has 122 valence electrons. The van der Waals surface area contributed by atoms with Gasteiger partial charge in [-0.2, -0.15) is 5.26 Å². The topological polar surface area (TPSA) is 69.0 Å². The van der Waals surface area contributed by atoms with Crippen molar-refractivity contribution in [1.82, 2.24) is 10.3 Å². The largest absolute Gasteiger partial charge is 0.352 e. The molecule has 3 rings (SSSR count). The van der Waals surface area contributed by atoms with Crippen LogP contribution in [0, 0.1) is 11.3 Å². The fourth-order valence-corrected chi connectivity index (χ4v) is 3.06. The number of piperidine rings is 1. The van der Waals surface area contributed by atoms with Crippen molar-refractivity contribution >= 4 is 11.7 Å². The Morgan fingerprint density at radius 1 is 1.21 bits per heavy atom. The maximum atomic E-state index is 12.2. The van der Waals surface area contributed by atoms with Crippen LogP contribution in [0.2, 0.25) is 0 Å². The van der Waals surface area contributed by atoms with Gasteiger partial charge in [0.1, 0.15) is 17.6 Å². The first-order valence-corrected chi connectivity index (χ1v) is 8.25. The summed E-state index contributed by atoms with van der Waals surface area (Å²) in [7, 11) is 0. The Hall–Kier alpha value is -2.87. The van der Waals surface area contributed by atoms with E-state index in [2.05, 4.69) is 21.3 Å². The molecule has 5 heteroatoms. The van der Waals surface area contributed by atoms with E-state index >= 15 is 0 Å². The highest BCUT2D eigenvalue weighted by molar-refractivity contribution is 5.94. The molecular formula is C19H20N4O. The van der Waals surface area contributed by atoms with Gasteiger partial charge in [0.25, 0.3) is 5.91 Å². The van der Waals surface area contributed by atoms with Crippen molar-refractivity contribution in [3.8, 4) is 6.07 Å². The van der Waals surface area contributed by atoms with Gasteiger partial charge < -0.3 is 10.2 Å². The Kier molecular flexibility index (Phi) is 5.07. The van der Waals surface area contributed by atoms with Gasteiger partial charge in [-0.05, 0) is 43.5 Å². The predicted molar refractivity (Wildman–Crippen MR) is 92.7 cm³/mol. The number of amides is 1. The van der Waals surface area contributed by atoms with Crippen LogP contribution in [-0.4, -0.2) is 30.0 Å². The van der Waals surface area contributed by atoms with Gasteiger partial charge in [-0.15, -0.1) is 0 Å². The number of hydrogen-bond donors (Lipinski definition) is 1. The summed E-state index contributed by atoms with van der Waals surface area (Å²) in [5.41, 5.74) is 1.09. The lowest BCUT2D eigenvalue weighted by molar-refractivity contribution is 0.0949. The maximum absolute atomic E-state index is 12.2. The Morgan fingerprint density at radius 3 is 2.83 bits per heavy atom. The zero-order valence-corrected chi connectivity index (χ0v) is 13.5. The van der Waals surface area contributed by atoms with Crippen LogP contribution in [-0.2, 0) is 0 Å². The zero-order chi connectivity index (χ0) is 16.8. The second kappa shape index (κ2) is 7.60. The van der Waals surface area contributed by atoms with Gasteiger partial charge in [0.2, 0.25) is 0 Å². The lowest BCUT2D eigenvalue weighted by atomic mass is 10.0. The number of nitriles is 1. The first kappa shape index (κ1) is 16.0. The molecule has 2 aromatic rings. The van der Waals surface area contributed by atoms with Gasteiger partial charge in [-0.25, -0.2) is 4.98 Å². The number of rotatable bonds is 4. The van der Waals surface area contributed by atoms with Crippen LogP contribution in [0.15, 0.2) is 48.5 Å². The quantitative estimate of drug-likeness (QED) is 0.940. The summed E-state index contributed by atoms with van der Waals surface area (Å²) in [5.74, 6) is 0.757. The van der Waals surface area contributed by atoms with Gasteiger partial charge in [-0.3, -0.25) is 4.79 Å². The maximum Gasteiger partial charge on any atom is 0.251 e. The highest BCUT2D eigenvalue weighted by Crippen LogP contribution is 2.23. The summed E-state index contributed by atoms with van der Waals surface area (Å²) in [4.78, 5) is 18.8. The number of nitrogens with zero attached hydrogens (tertiary/aromatic N) is 3. The first-order chi connectivity index (χ1) is 11.8. The minimum absolute atomic E-state index is 0.0557. The lowest BCUT2D eigenvalue weighted by Gasteiger charge is -2.36. The van der Waals surface area contributed by atoms with E-state index in [0.29, 0.717) is 17.8 Å². The molecule has 0 bridgehead atoms. The third-order valence-electron chi connectivity index (χ3n) is 4.30. The Labute approximate surface area is 141 Å². The molecule has 1 aromatic heterocycles. The fourth-order valence-electron chi connectivity index (χ4n) is 3.06. The number of aromatic nitrogens is 1. The van der Waals surface area contributed by atoms with Crippen LogP contribution in [0.25, 0.3) is 0 Å². The smallest absolute Gasteiger partial charge is 0.251 e. The number of carbonyl (C=O) groups is 1. The number of pyridine rings is 1. The summed E-state index contributed by atoms with van der Waals surface area (Å²) >= 11 is 0. The van der Waals surface area contributed by atoms with E-state index in [1.54, 1.807) is 6.07 Å². The number of hydrogen-bond acceptors (Lipinski definition) is 4. The normalized spacial score (nSPS) is 17.1. The van der Waals surface area contributed by atoms with Crippen molar-refractivity contribution in [2.24, 2.45) is 0 Å². The van der Waals surface area contributed by atoms with Crippen LogP contribution in [0.5, 0.6) is 0 Å². The van der Waals surface area contributed by atoms with E-state index in [1.807, 2.05) is 42.5 Å². The summed E-state index contributed by atoms with van der Waals surface area (Å²) in [6.07, 6.45) is 3.25. The molecule has 1 saturated heterocycles. The Morgan fingerprint density at radius 2 is 2.04 bits per heavy atom. The molecule has 1 atom stereocenters. The van der Waals surface area contributed by atoms with Gasteiger partial charge in [0.15, 0.2) is 0 Å². The average molecular weight is 320 g/mol. The molecule has 1 N–H and O–H groups in total. The molecule has 1 aliphatic rings. The van der Waals surface area contributed by atoms with E-state index in [0.717, 1.165) is 31.6 Å². The van der Waals surface area contributed by atoms with E-state index in [-0.39, 0.29) is 11.9 Å². The molecule has 0 saturated carbocycles. The molecule has 24 heavy (non-hydrogen) atoms. The average Bonchev–Trinajstić information content (AvgIpc) is 2.67. The number of benzene rings is 1. The van der Waals surface area contributed by atoms with E-state index < -0.39 is 0 Å². The van der Waals surface area contributed by atoms with E-state index in [4.69, 9.17) is 5.26 Å². The fraction of sp³-hybridized carbons (Fsp3) is 0.316. The van der Waals surface area contributed by atoms with Crippen molar-refractivity contribution in [3.05, 3.63) is 59.8 Å². The van der Waals surface area contributed by atoms with Crippen LogP contribution in [0.3, 0.4) is 0 Å². The SMILES string of the molecule is N#Cc1cccc(N2CCCCC2CNC(=O)c2ccccc2)n1. The minimum atomic E-state index is -0.0557. The molecule has 0 radical (unpaired) electrons. The van der Waals surface area contributed by atoms with E-state index in [9.17, 15) is 4.79 Å². The monoisotopic (exact) mass is 320 g/mol. The lowest BCUT2D eigenvalue weighted by Crippen LogP contribution is -2.47. The third-order valence-corrected chi connectivity index (χ3v) is 4.30. The van der Waals surface area contributed by atoms with Crippen LogP contribution < -0.4 is 10.2 Å². The van der Waals surface area contributed by atoms with Crippen LogP contribution in [0.1, 0.15) is 35.3 Å². The molecule has 1 unspecified atom stereocenters. The number of nitrogens with one attached hydrogen (secondary N) is 1. The molecule has 1 fully saturated rings. The Balaban J connectivity index is 1.68. The molecule has 2 heterocycles. The highest BCUT2D eigenvalue weighted by atomic mass is 16.1. The van der Waals surface area contributed by atoms with Crippen LogP contribution in [0.4, 0.5) is 5.82 Å². The first-order valence-electron chi connectivity index (χ1n) is 8.25. The van der Waals surface area contributed by atoms with Gasteiger partial charge >= 0.3 is 0 Å². The third kappa shape index (κ3) is 3.72. The van der Waals surface area contributed by atoms with Crippen molar-refractivity contribution in [3.63, 3.8) is 0 Å². The molecule has 5 nitrogen and oxygen atoms in total. The number of carbonyl (C=O) groups excluding carboxylic acids is 1. The molecule has 0 spiro atoms. The molecular weight excluding hydrogens is 300 g/mol. The summed E-state index contributed by atoms with van der Waals surface area (Å²) in [6.45, 7) is 1.47. The summed E-state index contributed by atoms with van der Waals surface area (Å²) < 4.78 is 0. The molecule has 1 aliphatic heterocycles. The van der Waals surface area contributed by atoms with Gasteiger partial charge in [-0.1, -0.05) is 24.3 Å². The van der Waals surface area contributed by atoms with Crippen LogP contribution >= 0.6 is 0 Å². The second-order valence-electron chi connectivity index (χ2n) is 5.91. The highest BCUT2D eigenvalue weighted by Gasteiger charge is 2.24. The molecule has 1 amide bonds. The van der Waals surface area contributed by atoms with Crippen molar-refractivity contribution in [2.75, 3.05) is 18.0 Å². The van der Waals surface area contributed by atoms with E-state index in [1.165, 1.54) is 0 Å². The number of anilines is 1. The van der Waals surface area contributed by atoms with Gasteiger partial charge in [0, 0.05) is 24.7 Å². The molecule has 0 aliphatic carbocycles. The Bertz CT molecular complexity index is 739. The zero-order valence-electron chi connectivity index (χ0n) is 13.5. The van der Waals surface area contributed by atoms with Crippen molar-refractivity contribution in [1.29, 1.82) is 5.26 Å². The van der Waals surface area contributed by atoms with Crippen molar-refractivity contribution < 1.29 is 4.79 Å². The standard InChI is InChI=1S/C19H20N4O/c20-13-16-9-6-11-18(22-16)23-12-5-4-10-17(23)14-21-19(24)15-7-2-1-3-8-15/h1-3,6-9,11,17H,4-5,10,12,14H2,(H,21,24). The minimum Gasteiger partial charge on any atom is -0.352 e. The van der Waals surface area contributed by atoms with Crippen molar-refractivity contribution in [2.45, 2.75) is 25.3 Å².